The highest BCUT2D eigenvalue weighted by Crippen LogP contribution is 2.24. The molecule has 0 aliphatic rings. The summed E-state index contributed by atoms with van der Waals surface area (Å²) < 4.78 is 1.02. The Kier molecular flexibility index (Phi) is 4.35. The Morgan fingerprint density at radius 3 is 2.62 bits per heavy atom. The molecule has 16 heavy (non-hydrogen) atoms. The average molecular weight is 286 g/mol. The van der Waals surface area contributed by atoms with Crippen LogP contribution in [-0.2, 0) is 4.79 Å². The number of nitrogens with one attached hydrogen (secondary N) is 1. The van der Waals surface area contributed by atoms with Gasteiger partial charge in [-0.3, -0.25) is 4.79 Å². The first-order chi connectivity index (χ1) is 7.43. The normalized spacial score (nSPS) is 14.2. The molecule has 1 aromatic carbocycles. The lowest BCUT2D eigenvalue weighted by Crippen LogP contribution is -2.29. The van der Waals surface area contributed by atoms with E-state index in [1.807, 2.05) is 32.0 Å². The van der Waals surface area contributed by atoms with Crippen molar-refractivity contribution in [2.45, 2.75) is 26.8 Å². The van der Waals surface area contributed by atoms with Gasteiger partial charge < -0.3 is 10.4 Å². The lowest BCUT2D eigenvalue weighted by atomic mass is 10.0. The number of benzene rings is 1. The smallest absolute Gasteiger partial charge is 0.308 e. The van der Waals surface area contributed by atoms with Crippen molar-refractivity contribution in [2.24, 2.45) is 5.92 Å². The first-order valence-electron chi connectivity index (χ1n) is 5.18. The summed E-state index contributed by atoms with van der Waals surface area (Å²) in [5.41, 5.74) is 2.06. The molecule has 0 aromatic heterocycles. The van der Waals surface area contributed by atoms with Crippen LogP contribution in [0.15, 0.2) is 22.7 Å². The average Bonchev–Trinajstić information content (AvgIpc) is 2.23. The van der Waals surface area contributed by atoms with Crippen LogP contribution in [-0.4, -0.2) is 17.1 Å². The molecule has 0 heterocycles. The van der Waals surface area contributed by atoms with Gasteiger partial charge in [0.05, 0.1) is 5.92 Å². The number of anilines is 1. The Hall–Kier alpha value is -1.03. The van der Waals surface area contributed by atoms with Gasteiger partial charge in [-0.2, -0.15) is 0 Å². The standard InChI is InChI=1S/C12H16BrNO2/c1-7(12(15)16)9(3)14-11-6-4-5-10(13)8(11)2/h4-7,9,14H,1-3H3,(H,15,16). The zero-order valence-electron chi connectivity index (χ0n) is 9.62. The molecule has 0 saturated carbocycles. The Morgan fingerprint density at radius 2 is 2.06 bits per heavy atom. The molecule has 2 atom stereocenters. The van der Waals surface area contributed by atoms with Crippen molar-refractivity contribution in [3.8, 4) is 0 Å². The second-order valence-electron chi connectivity index (χ2n) is 3.97. The molecule has 0 bridgehead atoms. The van der Waals surface area contributed by atoms with Gasteiger partial charge >= 0.3 is 5.97 Å². The first kappa shape index (κ1) is 13.0. The quantitative estimate of drug-likeness (QED) is 0.893. The van der Waals surface area contributed by atoms with Crippen molar-refractivity contribution < 1.29 is 9.90 Å². The highest BCUT2D eigenvalue weighted by molar-refractivity contribution is 9.10. The van der Waals surface area contributed by atoms with E-state index in [0.29, 0.717) is 0 Å². The fourth-order valence-electron chi connectivity index (χ4n) is 1.35. The zero-order valence-corrected chi connectivity index (χ0v) is 11.2. The van der Waals surface area contributed by atoms with Crippen LogP contribution >= 0.6 is 15.9 Å². The Morgan fingerprint density at radius 1 is 1.44 bits per heavy atom. The molecule has 1 aromatic rings. The molecule has 1 rings (SSSR count). The summed E-state index contributed by atoms with van der Waals surface area (Å²) in [6.07, 6.45) is 0. The molecular weight excluding hydrogens is 270 g/mol. The third-order valence-electron chi connectivity index (χ3n) is 2.79. The fourth-order valence-corrected chi connectivity index (χ4v) is 1.71. The van der Waals surface area contributed by atoms with Gasteiger partial charge in [0.2, 0.25) is 0 Å². The van der Waals surface area contributed by atoms with Gasteiger partial charge in [-0.15, -0.1) is 0 Å². The minimum absolute atomic E-state index is 0.106. The van der Waals surface area contributed by atoms with E-state index in [9.17, 15) is 4.79 Å². The van der Waals surface area contributed by atoms with Crippen LogP contribution < -0.4 is 5.32 Å². The van der Waals surface area contributed by atoms with E-state index in [2.05, 4.69) is 21.2 Å². The SMILES string of the molecule is Cc1c(Br)cccc1NC(C)C(C)C(=O)O. The molecule has 4 heteroatoms. The maximum Gasteiger partial charge on any atom is 0.308 e. The highest BCUT2D eigenvalue weighted by Gasteiger charge is 2.19. The summed E-state index contributed by atoms with van der Waals surface area (Å²) in [5, 5.41) is 12.1. The van der Waals surface area contributed by atoms with Crippen LogP contribution in [0.5, 0.6) is 0 Å². The van der Waals surface area contributed by atoms with E-state index in [0.717, 1.165) is 15.7 Å². The second-order valence-corrected chi connectivity index (χ2v) is 4.83. The van der Waals surface area contributed by atoms with E-state index in [1.54, 1.807) is 6.92 Å². The third-order valence-corrected chi connectivity index (χ3v) is 3.65. The maximum absolute atomic E-state index is 10.8. The predicted octanol–water partition coefficient (Wildman–Crippen LogP) is 3.28. The lowest BCUT2D eigenvalue weighted by Gasteiger charge is -2.20. The lowest BCUT2D eigenvalue weighted by molar-refractivity contribution is -0.141. The number of carboxylic acid groups (broad SMARTS) is 1. The first-order valence-corrected chi connectivity index (χ1v) is 5.97. The van der Waals surface area contributed by atoms with Crippen LogP contribution in [0, 0.1) is 12.8 Å². The molecule has 0 saturated heterocycles. The summed E-state index contributed by atoms with van der Waals surface area (Å²) in [4.78, 5) is 10.8. The molecule has 2 N–H and O–H groups in total. The van der Waals surface area contributed by atoms with Crippen molar-refractivity contribution in [3.05, 3.63) is 28.2 Å². The number of hydrogen-bond donors (Lipinski definition) is 2. The van der Waals surface area contributed by atoms with Gasteiger partial charge in [0.1, 0.15) is 0 Å². The third kappa shape index (κ3) is 2.98. The monoisotopic (exact) mass is 285 g/mol. The van der Waals surface area contributed by atoms with Crippen molar-refractivity contribution in [1.82, 2.24) is 0 Å². The summed E-state index contributed by atoms with van der Waals surface area (Å²) in [5.74, 6) is -1.20. The van der Waals surface area contributed by atoms with Crippen LogP contribution in [0.3, 0.4) is 0 Å². The largest absolute Gasteiger partial charge is 0.481 e. The van der Waals surface area contributed by atoms with Gasteiger partial charge in [-0.05, 0) is 38.5 Å². The molecule has 0 radical (unpaired) electrons. The molecular formula is C12H16BrNO2. The van der Waals surface area contributed by atoms with Gasteiger partial charge in [0.15, 0.2) is 0 Å². The zero-order chi connectivity index (χ0) is 12.3. The molecule has 3 nitrogen and oxygen atoms in total. The van der Waals surface area contributed by atoms with Crippen molar-refractivity contribution in [2.75, 3.05) is 5.32 Å². The van der Waals surface area contributed by atoms with E-state index >= 15 is 0 Å². The molecule has 88 valence electrons. The Bertz CT molecular complexity index is 393. The predicted molar refractivity (Wildman–Crippen MR) is 68.8 cm³/mol. The van der Waals surface area contributed by atoms with Gasteiger partial charge in [0, 0.05) is 16.2 Å². The summed E-state index contributed by atoms with van der Waals surface area (Å²) in [6.45, 7) is 5.57. The number of halogens is 1. The van der Waals surface area contributed by atoms with Crippen LogP contribution in [0.25, 0.3) is 0 Å². The molecule has 0 fully saturated rings. The summed E-state index contributed by atoms with van der Waals surface area (Å²) in [6, 6.07) is 5.74. The minimum atomic E-state index is -0.785. The number of carbonyl (C=O) groups is 1. The summed E-state index contributed by atoms with van der Waals surface area (Å²) >= 11 is 3.45. The number of rotatable bonds is 4. The number of hydrogen-bond acceptors (Lipinski definition) is 2. The number of carboxylic acids is 1. The van der Waals surface area contributed by atoms with E-state index in [4.69, 9.17) is 5.11 Å². The number of aliphatic carboxylic acids is 1. The van der Waals surface area contributed by atoms with E-state index in [-0.39, 0.29) is 6.04 Å². The highest BCUT2D eigenvalue weighted by atomic mass is 79.9. The van der Waals surface area contributed by atoms with E-state index in [1.165, 1.54) is 0 Å². The second kappa shape index (κ2) is 5.34. The van der Waals surface area contributed by atoms with Gasteiger partial charge in [-0.25, -0.2) is 0 Å². The fraction of sp³-hybridized carbons (Fsp3) is 0.417. The Labute approximate surface area is 104 Å². The molecule has 0 spiro atoms. The minimum Gasteiger partial charge on any atom is -0.481 e. The maximum atomic E-state index is 10.8. The van der Waals surface area contributed by atoms with Crippen molar-refractivity contribution in [1.29, 1.82) is 0 Å². The van der Waals surface area contributed by atoms with E-state index < -0.39 is 11.9 Å². The van der Waals surface area contributed by atoms with Gasteiger partial charge in [-0.1, -0.05) is 22.0 Å². The van der Waals surface area contributed by atoms with Crippen molar-refractivity contribution >= 4 is 27.6 Å². The topological polar surface area (TPSA) is 49.3 Å². The molecule has 0 amide bonds. The van der Waals surface area contributed by atoms with Crippen LogP contribution in [0.2, 0.25) is 0 Å². The van der Waals surface area contributed by atoms with Crippen molar-refractivity contribution in [3.63, 3.8) is 0 Å². The molecule has 2 unspecified atom stereocenters. The van der Waals surface area contributed by atoms with Crippen LogP contribution in [0.1, 0.15) is 19.4 Å². The molecule has 0 aliphatic heterocycles. The van der Waals surface area contributed by atoms with Crippen LogP contribution in [0.4, 0.5) is 5.69 Å². The van der Waals surface area contributed by atoms with Gasteiger partial charge in [0.25, 0.3) is 0 Å². The Balaban J connectivity index is 2.81. The molecule has 0 aliphatic carbocycles. The summed E-state index contributed by atoms with van der Waals surface area (Å²) in [7, 11) is 0.